The van der Waals surface area contributed by atoms with Gasteiger partial charge in [-0.3, -0.25) is 0 Å². The molecular formula is C11H15FO4. The summed E-state index contributed by atoms with van der Waals surface area (Å²) in [5, 5.41) is 8.49. The van der Waals surface area contributed by atoms with Gasteiger partial charge in [0.15, 0.2) is 0 Å². The van der Waals surface area contributed by atoms with Crippen LogP contribution in [0.5, 0.6) is 5.75 Å². The van der Waals surface area contributed by atoms with E-state index in [0.29, 0.717) is 5.75 Å². The molecule has 0 radical (unpaired) electrons. The van der Waals surface area contributed by atoms with Crippen LogP contribution >= 0.6 is 0 Å². The van der Waals surface area contributed by atoms with E-state index in [1.807, 2.05) is 6.07 Å². The van der Waals surface area contributed by atoms with Crippen molar-refractivity contribution in [2.45, 2.75) is 12.6 Å². The number of rotatable bonds is 7. The molecule has 0 heterocycles. The number of benzene rings is 1. The number of hydrogen-bond donors (Lipinski definition) is 1. The third-order valence-corrected chi connectivity index (χ3v) is 1.81. The van der Waals surface area contributed by atoms with Gasteiger partial charge in [-0.1, -0.05) is 18.2 Å². The largest absolute Gasteiger partial charge is 0.459 e. The van der Waals surface area contributed by atoms with Crippen LogP contribution in [0.2, 0.25) is 0 Å². The zero-order valence-electron chi connectivity index (χ0n) is 9.01. The Balaban J connectivity index is 2.48. The summed E-state index contributed by atoms with van der Waals surface area (Å²) in [7, 11) is 1.32. The maximum Gasteiger partial charge on any atom is 0.262 e. The summed E-state index contributed by atoms with van der Waals surface area (Å²) in [6, 6.07) is 8.73. The van der Waals surface area contributed by atoms with Gasteiger partial charge in [-0.15, -0.1) is 0 Å². The van der Waals surface area contributed by atoms with Crippen LogP contribution in [0, 0.1) is 0 Å². The van der Waals surface area contributed by atoms with Gasteiger partial charge < -0.3 is 19.3 Å². The Morgan fingerprint density at radius 2 is 2.00 bits per heavy atom. The van der Waals surface area contributed by atoms with Gasteiger partial charge in [-0.2, -0.15) is 0 Å². The van der Waals surface area contributed by atoms with Gasteiger partial charge in [0.1, 0.15) is 5.75 Å². The highest BCUT2D eigenvalue weighted by molar-refractivity contribution is 5.21. The molecule has 0 bridgehead atoms. The van der Waals surface area contributed by atoms with Gasteiger partial charge in [-0.25, -0.2) is 4.39 Å². The summed E-state index contributed by atoms with van der Waals surface area (Å²) < 4.78 is 28.0. The molecule has 0 saturated carbocycles. The molecule has 0 fully saturated rings. The number of hydrogen-bond acceptors (Lipinski definition) is 4. The lowest BCUT2D eigenvalue weighted by Crippen LogP contribution is -2.33. The van der Waals surface area contributed by atoms with Gasteiger partial charge in [0.2, 0.25) is 0 Å². The molecule has 0 aliphatic carbocycles. The molecule has 1 rings (SSSR count). The van der Waals surface area contributed by atoms with Gasteiger partial charge in [0, 0.05) is 7.11 Å². The second-order valence-corrected chi connectivity index (χ2v) is 2.98. The molecule has 2 atom stereocenters. The lowest BCUT2D eigenvalue weighted by Gasteiger charge is -2.20. The Morgan fingerprint density at radius 1 is 1.31 bits per heavy atom. The van der Waals surface area contributed by atoms with Crippen molar-refractivity contribution in [3.8, 4) is 5.75 Å². The van der Waals surface area contributed by atoms with Crippen LogP contribution in [0.1, 0.15) is 0 Å². The molecule has 90 valence electrons. The van der Waals surface area contributed by atoms with Crippen molar-refractivity contribution in [3.63, 3.8) is 0 Å². The fourth-order valence-corrected chi connectivity index (χ4v) is 1.09. The molecule has 0 amide bonds. The van der Waals surface area contributed by atoms with Crippen LogP contribution in [0.4, 0.5) is 4.39 Å². The van der Waals surface area contributed by atoms with E-state index in [1.54, 1.807) is 24.3 Å². The number of halogens is 1. The van der Waals surface area contributed by atoms with Crippen molar-refractivity contribution in [1.82, 2.24) is 0 Å². The van der Waals surface area contributed by atoms with E-state index in [1.165, 1.54) is 7.11 Å². The SMILES string of the molecule is COC(Oc1ccccc1)C(F)OCCO. The third kappa shape index (κ3) is 4.14. The summed E-state index contributed by atoms with van der Waals surface area (Å²) in [6.45, 7) is -0.346. The van der Waals surface area contributed by atoms with Crippen LogP contribution in [-0.4, -0.2) is 38.1 Å². The molecule has 0 aromatic heterocycles. The van der Waals surface area contributed by atoms with Crippen LogP contribution in [0.25, 0.3) is 0 Å². The second kappa shape index (κ2) is 7.16. The fraction of sp³-hybridized carbons (Fsp3) is 0.455. The van der Waals surface area contributed by atoms with Gasteiger partial charge in [0.25, 0.3) is 12.6 Å². The van der Waals surface area contributed by atoms with Crippen molar-refractivity contribution >= 4 is 0 Å². The quantitative estimate of drug-likeness (QED) is 0.718. The summed E-state index contributed by atoms with van der Waals surface area (Å²) in [4.78, 5) is 0. The normalized spacial score (nSPS) is 14.4. The third-order valence-electron chi connectivity index (χ3n) is 1.81. The predicted molar refractivity (Wildman–Crippen MR) is 55.8 cm³/mol. The molecule has 0 spiro atoms. The minimum absolute atomic E-state index is 0.0980. The lowest BCUT2D eigenvalue weighted by atomic mass is 10.3. The van der Waals surface area contributed by atoms with E-state index >= 15 is 0 Å². The smallest absolute Gasteiger partial charge is 0.262 e. The molecule has 16 heavy (non-hydrogen) atoms. The van der Waals surface area contributed by atoms with Crippen molar-refractivity contribution in [2.24, 2.45) is 0 Å². The Bertz CT molecular complexity index is 281. The number of ether oxygens (including phenoxy) is 3. The van der Waals surface area contributed by atoms with Gasteiger partial charge in [-0.05, 0) is 12.1 Å². The molecule has 0 aliphatic heterocycles. The van der Waals surface area contributed by atoms with Crippen LogP contribution in [0.3, 0.4) is 0 Å². The average molecular weight is 230 g/mol. The summed E-state index contributed by atoms with van der Waals surface area (Å²) in [5.41, 5.74) is 0. The standard InChI is InChI=1S/C11H15FO4/c1-14-11(10(12)15-8-7-13)16-9-5-3-2-4-6-9/h2-6,10-11,13H,7-8H2,1H3. The van der Waals surface area contributed by atoms with E-state index in [-0.39, 0.29) is 13.2 Å². The Labute approximate surface area is 93.6 Å². The van der Waals surface area contributed by atoms with E-state index in [0.717, 1.165) is 0 Å². The van der Waals surface area contributed by atoms with Crippen LogP contribution < -0.4 is 4.74 Å². The minimum atomic E-state index is -1.74. The highest BCUT2D eigenvalue weighted by Gasteiger charge is 2.23. The first-order chi connectivity index (χ1) is 7.77. The zero-order chi connectivity index (χ0) is 11.8. The predicted octanol–water partition coefficient (Wildman–Crippen LogP) is 1.34. The maximum absolute atomic E-state index is 13.4. The summed E-state index contributed by atoms with van der Waals surface area (Å²) >= 11 is 0. The van der Waals surface area contributed by atoms with Crippen LogP contribution in [0.15, 0.2) is 30.3 Å². The molecule has 2 unspecified atom stereocenters. The van der Waals surface area contributed by atoms with E-state index in [4.69, 9.17) is 14.6 Å². The number of para-hydroxylation sites is 1. The Kier molecular flexibility index (Phi) is 5.77. The average Bonchev–Trinajstić information content (AvgIpc) is 2.34. The second-order valence-electron chi connectivity index (χ2n) is 2.98. The zero-order valence-corrected chi connectivity index (χ0v) is 9.01. The molecule has 0 saturated heterocycles. The molecule has 1 aromatic carbocycles. The van der Waals surface area contributed by atoms with Crippen molar-refractivity contribution in [3.05, 3.63) is 30.3 Å². The molecule has 0 aliphatic rings. The topological polar surface area (TPSA) is 47.9 Å². The highest BCUT2D eigenvalue weighted by atomic mass is 19.1. The molecule has 4 nitrogen and oxygen atoms in total. The number of aliphatic hydroxyl groups excluding tert-OH is 1. The van der Waals surface area contributed by atoms with E-state index in [9.17, 15) is 4.39 Å². The summed E-state index contributed by atoms with van der Waals surface area (Å²) in [6.07, 6.45) is -2.88. The molecule has 5 heteroatoms. The van der Waals surface area contributed by atoms with Gasteiger partial charge in [0.05, 0.1) is 13.2 Å². The Morgan fingerprint density at radius 3 is 2.56 bits per heavy atom. The Hall–Kier alpha value is -1.17. The van der Waals surface area contributed by atoms with Crippen molar-refractivity contribution < 1.29 is 23.7 Å². The van der Waals surface area contributed by atoms with E-state index < -0.39 is 12.6 Å². The lowest BCUT2D eigenvalue weighted by molar-refractivity contribution is -0.200. The number of alkyl halides is 1. The summed E-state index contributed by atoms with van der Waals surface area (Å²) in [5.74, 6) is 0.490. The maximum atomic E-state index is 13.4. The van der Waals surface area contributed by atoms with Crippen LogP contribution in [-0.2, 0) is 9.47 Å². The number of methoxy groups -OCH3 is 1. The minimum Gasteiger partial charge on any atom is -0.459 e. The highest BCUT2D eigenvalue weighted by Crippen LogP contribution is 2.15. The van der Waals surface area contributed by atoms with E-state index in [2.05, 4.69) is 4.74 Å². The van der Waals surface area contributed by atoms with Crippen molar-refractivity contribution in [1.29, 1.82) is 0 Å². The number of aliphatic hydroxyl groups is 1. The fourth-order valence-electron chi connectivity index (χ4n) is 1.09. The van der Waals surface area contributed by atoms with Crippen molar-refractivity contribution in [2.75, 3.05) is 20.3 Å². The monoisotopic (exact) mass is 230 g/mol. The molecule has 1 N–H and O–H groups in total. The van der Waals surface area contributed by atoms with Gasteiger partial charge >= 0.3 is 0 Å². The first-order valence-corrected chi connectivity index (χ1v) is 4.89. The first kappa shape index (κ1) is 12.9. The molecular weight excluding hydrogens is 215 g/mol. The molecule has 1 aromatic rings. The first-order valence-electron chi connectivity index (χ1n) is 4.89.